The van der Waals surface area contributed by atoms with Crippen molar-refractivity contribution in [2.75, 3.05) is 5.32 Å². The first-order valence-electron chi connectivity index (χ1n) is 7.21. The van der Waals surface area contributed by atoms with Gasteiger partial charge in [0.15, 0.2) is 0 Å². The van der Waals surface area contributed by atoms with Crippen LogP contribution in [0, 0.1) is 11.3 Å². The van der Waals surface area contributed by atoms with Crippen molar-refractivity contribution < 1.29 is 4.74 Å². The number of nitrogens with zero attached hydrogens (tertiary/aromatic N) is 3. The number of hydrogen-bond acceptors (Lipinski definition) is 5. The molecule has 1 heterocycles. The summed E-state index contributed by atoms with van der Waals surface area (Å²) in [6.07, 6.45) is 1.63. The number of nitriles is 1. The smallest absolute Gasteiger partial charge is 0.230 e. The Hall–Kier alpha value is -2.91. The highest BCUT2D eigenvalue weighted by Crippen LogP contribution is 2.19. The van der Waals surface area contributed by atoms with E-state index in [1.807, 2.05) is 24.3 Å². The minimum Gasteiger partial charge on any atom is -0.473 e. The van der Waals surface area contributed by atoms with E-state index in [1.165, 1.54) is 0 Å². The number of rotatable bonds is 5. The van der Waals surface area contributed by atoms with Crippen LogP contribution in [0.15, 0.2) is 65.3 Å². The lowest BCUT2D eigenvalue weighted by atomic mass is 10.2. The Kier molecular flexibility index (Phi) is 5.04. The van der Waals surface area contributed by atoms with Crippen molar-refractivity contribution in [2.45, 2.75) is 6.61 Å². The van der Waals surface area contributed by atoms with Crippen LogP contribution in [0.25, 0.3) is 0 Å². The van der Waals surface area contributed by atoms with Gasteiger partial charge in [0.05, 0.1) is 11.6 Å². The molecule has 1 N–H and O–H groups in total. The molecule has 0 atom stereocenters. The van der Waals surface area contributed by atoms with E-state index in [2.05, 4.69) is 37.3 Å². The van der Waals surface area contributed by atoms with Gasteiger partial charge in [0.1, 0.15) is 6.61 Å². The zero-order valence-electron chi connectivity index (χ0n) is 12.6. The molecule has 0 fully saturated rings. The molecule has 5 nitrogen and oxygen atoms in total. The van der Waals surface area contributed by atoms with Gasteiger partial charge in [-0.1, -0.05) is 34.1 Å². The topological polar surface area (TPSA) is 70.8 Å². The molecular weight excluding hydrogens is 368 g/mol. The Morgan fingerprint density at radius 1 is 1.08 bits per heavy atom. The second-order valence-electron chi connectivity index (χ2n) is 4.91. The quantitative estimate of drug-likeness (QED) is 0.708. The third-order valence-corrected chi connectivity index (χ3v) is 4.01. The molecular formula is C18H13BrN4O. The van der Waals surface area contributed by atoms with Gasteiger partial charge in [-0.3, -0.25) is 0 Å². The van der Waals surface area contributed by atoms with E-state index < -0.39 is 0 Å². The van der Waals surface area contributed by atoms with Crippen molar-refractivity contribution in [1.29, 1.82) is 5.26 Å². The van der Waals surface area contributed by atoms with Crippen LogP contribution in [0.2, 0.25) is 0 Å². The van der Waals surface area contributed by atoms with Crippen molar-refractivity contribution in [2.24, 2.45) is 0 Å². The Labute approximate surface area is 148 Å². The summed E-state index contributed by atoms with van der Waals surface area (Å²) in [5.41, 5.74) is 2.45. The van der Waals surface area contributed by atoms with Crippen LogP contribution in [-0.4, -0.2) is 9.97 Å². The van der Waals surface area contributed by atoms with Gasteiger partial charge in [0.25, 0.3) is 0 Å². The molecule has 0 aliphatic carbocycles. The highest BCUT2D eigenvalue weighted by Gasteiger charge is 2.04. The molecule has 3 aromatic rings. The molecule has 0 unspecified atom stereocenters. The third-order valence-electron chi connectivity index (χ3n) is 3.23. The number of anilines is 2. The first-order valence-corrected chi connectivity index (χ1v) is 8.00. The predicted octanol–water partition coefficient (Wildman–Crippen LogP) is 4.43. The van der Waals surface area contributed by atoms with E-state index in [0.717, 1.165) is 15.7 Å². The van der Waals surface area contributed by atoms with Crippen LogP contribution in [-0.2, 0) is 6.61 Å². The van der Waals surface area contributed by atoms with Gasteiger partial charge >= 0.3 is 0 Å². The molecule has 0 radical (unpaired) electrons. The van der Waals surface area contributed by atoms with Gasteiger partial charge < -0.3 is 10.1 Å². The van der Waals surface area contributed by atoms with E-state index in [9.17, 15) is 0 Å². The van der Waals surface area contributed by atoms with Crippen LogP contribution in [0.4, 0.5) is 11.6 Å². The second kappa shape index (κ2) is 7.57. The number of nitrogens with one attached hydrogen (secondary N) is 1. The molecule has 0 bridgehead atoms. The van der Waals surface area contributed by atoms with Gasteiger partial charge in [-0.05, 0) is 30.3 Å². The predicted molar refractivity (Wildman–Crippen MR) is 94.9 cm³/mol. The van der Waals surface area contributed by atoms with E-state index in [0.29, 0.717) is 24.0 Å². The number of aromatic nitrogens is 2. The zero-order chi connectivity index (χ0) is 16.8. The highest BCUT2D eigenvalue weighted by atomic mass is 79.9. The number of hydrogen-bond donors (Lipinski definition) is 1. The zero-order valence-corrected chi connectivity index (χ0v) is 14.2. The van der Waals surface area contributed by atoms with Crippen LogP contribution >= 0.6 is 15.9 Å². The van der Waals surface area contributed by atoms with Crippen molar-refractivity contribution in [1.82, 2.24) is 9.97 Å². The lowest BCUT2D eigenvalue weighted by Crippen LogP contribution is -2.01. The summed E-state index contributed by atoms with van der Waals surface area (Å²) in [5, 5.41) is 11.9. The fraction of sp³-hybridized carbons (Fsp3) is 0.0556. The Morgan fingerprint density at radius 2 is 1.88 bits per heavy atom. The lowest BCUT2D eigenvalue weighted by Gasteiger charge is -2.09. The molecule has 2 aromatic carbocycles. The normalized spacial score (nSPS) is 10.0. The molecule has 3 rings (SSSR count). The molecule has 0 aliphatic heterocycles. The first-order chi connectivity index (χ1) is 11.7. The molecule has 6 heteroatoms. The minimum atomic E-state index is 0.411. The van der Waals surface area contributed by atoms with Crippen LogP contribution in [0.5, 0.6) is 5.88 Å². The first kappa shape index (κ1) is 16.0. The van der Waals surface area contributed by atoms with Gasteiger partial charge in [-0.15, -0.1) is 0 Å². The maximum atomic E-state index is 8.81. The van der Waals surface area contributed by atoms with Gasteiger partial charge in [-0.2, -0.15) is 10.2 Å². The fourth-order valence-electron chi connectivity index (χ4n) is 2.01. The van der Waals surface area contributed by atoms with Crippen molar-refractivity contribution >= 4 is 27.6 Å². The summed E-state index contributed by atoms with van der Waals surface area (Å²) in [6, 6.07) is 18.7. The Bertz CT molecular complexity index is 875. The summed E-state index contributed by atoms with van der Waals surface area (Å²) < 4.78 is 6.72. The second-order valence-corrected chi connectivity index (χ2v) is 5.77. The van der Waals surface area contributed by atoms with Crippen molar-refractivity contribution in [3.63, 3.8) is 0 Å². The summed E-state index contributed by atoms with van der Waals surface area (Å²) in [5.74, 6) is 0.918. The van der Waals surface area contributed by atoms with Gasteiger partial charge in [0, 0.05) is 28.0 Å². The standard InChI is InChI=1S/C18H13BrN4O/c19-16-4-2-1-3-14(16)12-24-17-9-10-21-18(23-17)22-15-7-5-13(11-20)6-8-15/h1-10H,12H2,(H,21,22,23). The third kappa shape index (κ3) is 4.09. The molecule has 0 spiro atoms. The number of benzene rings is 2. The molecule has 0 amide bonds. The maximum absolute atomic E-state index is 8.81. The van der Waals surface area contributed by atoms with Gasteiger partial charge in [-0.25, -0.2) is 4.98 Å². The van der Waals surface area contributed by atoms with E-state index in [1.54, 1.807) is 36.5 Å². The highest BCUT2D eigenvalue weighted by molar-refractivity contribution is 9.10. The molecule has 0 aliphatic rings. The average Bonchev–Trinajstić information content (AvgIpc) is 2.62. The van der Waals surface area contributed by atoms with E-state index in [4.69, 9.17) is 10.00 Å². The number of ether oxygens (including phenoxy) is 1. The molecule has 118 valence electrons. The van der Waals surface area contributed by atoms with Gasteiger partial charge in [0.2, 0.25) is 11.8 Å². The van der Waals surface area contributed by atoms with Crippen molar-refractivity contribution in [3.05, 3.63) is 76.4 Å². The average molecular weight is 381 g/mol. The molecule has 24 heavy (non-hydrogen) atoms. The minimum absolute atomic E-state index is 0.411. The molecule has 0 saturated carbocycles. The van der Waals surface area contributed by atoms with Crippen molar-refractivity contribution in [3.8, 4) is 11.9 Å². The largest absolute Gasteiger partial charge is 0.473 e. The monoisotopic (exact) mass is 380 g/mol. The van der Waals surface area contributed by atoms with Crippen LogP contribution in [0.3, 0.4) is 0 Å². The Morgan fingerprint density at radius 3 is 2.62 bits per heavy atom. The molecule has 1 aromatic heterocycles. The molecule has 0 saturated heterocycles. The number of halogens is 1. The van der Waals surface area contributed by atoms with Crippen LogP contribution < -0.4 is 10.1 Å². The summed E-state index contributed by atoms with van der Waals surface area (Å²) in [6.45, 7) is 0.411. The van der Waals surface area contributed by atoms with E-state index in [-0.39, 0.29) is 0 Å². The fourth-order valence-corrected chi connectivity index (χ4v) is 2.41. The summed E-state index contributed by atoms with van der Waals surface area (Å²) in [4.78, 5) is 8.50. The summed E-state index contributed by atoms with van der Waals surface area (Å²) in [7, 11) is 0. The maximum Gasteiger partial charge on any atom is 0.230 e. The van der Waals surface area contributed by atoms with E-state index >= 15 is 0 Å². The Balaban J connectivity index is 1.67. The SMILES string of the molecule is N#Cc1ccc(Nc2nccc(OCc3ccccc3Br)n2)cc1. The van der Waals surface area contributed by atoms with Crippen LogP contribution in [0.1, 0.15) is 11.1 Å². The lowest BCUT2D eigenvalue weighted by molar-refractivity contribution is 0.293. The summed E-state index contributed by atoms with van der Waals surface area (Å²) >= 11 is 3.49.